The normalized spacial score (nSPS) is 13.2. The molecule has 0 radical (unpaired) electrons. The number of nitrogens with zero attached hydrogens (tertiary/aromatic N) is 4. The molecule has 2 atom stereocenters. The molecule has 0 N–H and O–H groups in total. The van der Waals surface area contributed by atoms with E-state index in [0.29, 0.717) is 6.54 Å². The van der Waals surface area contributed by atoms with Gasteiger partial charge in [-0.2, -0.15) is 5.26 Å². The first-order valence-corrected chi connectivity index (χ1v) is 8.37. The molecular formula is C17H26N4O3. The van der Waals surface area contributed by atoms with Crippen LogP contribution in [0.15, 0.2) is 15.8 Å². The van der Waals surface area contributed by atoms with Crippen LogP contribution in [0.25, 0.3) is 0 Å². The van der Waals surface area contributed by atoms with Gasteiger partial charge in [-0.15, -0.1) is 0 Å². The lowest BCUT2D eigenvalue weighted by Gasteiger charge is -2.34. The summed E-state index contributed by atoms with van der Waals surface area (Å²) in [5.41, 5.74) is -1.42. The maximum absolute atomic E-state index is 12.8. The summed E-state index contributed by atoms with van der Waals surface area (Å²) in [5.74, 6) is -0.282. The van der Waals surface area contributed by atoms with E-state index < -0.39 is 11.2 Å². The van der Waals surface area contributed by atoms with Crippen molar-refractivity contribution in [3.63, 3.8) is 0 Å². The maximum atomic E-state index is 12.8. The third-order valence-corrected chi connectivity index (χ3v) is 4.41. The van der Waals surface area contributed by atoms with Crippen molar-refractivity contribution in [2.45, 2.75) is 72.6 Å². The minimum absolute atomic E-state index is 0.00991. The zero-order chi connectivity index (χ0) is 18.4. The van der Waals surface area contributed by atoms with Crippen molar-refractivity contribution in [1.29, 1.82) is 5.26 Å². The lowest BCUT2D eigenvalue weighted by molar-refractivity contribution is -0.136. The second-order valence-corrected chi connectivity index (χ2v) is 5.93. The largest absolute Gasteiger partial charge is 0.336 e. The molecule has 1 aromatic heterocycles. The number of rotatable bonds is 7. The smallest absolute Gasteiger partial charge is 0.331 e. The van der Waals surface area contributed by atoms with Crippen LogP contribution in [-0.4, -0.2) is 32.0 Å². The summed E-state index contributed by atoms with van der Waals surface area (Å²) in [5, 5.41) is 9.08. The van der Waals surface area contributed by atoms with Gasteiger partial charge in [-0.1, -0.05) is 13.8 Å². The summed E-state index contributed by atoms with van der Waals surface area (Å²) >= 11 is 0. The second kappa shape index (κ2) is 8.48. The van der Waals surface area contributed by atoms with E-state index in [1.165, 1.54) is 10.8 Å². The molecule has 0 spiro atoms. The SMILES string of the molecule is CC[C@@H](C)N(C(=O)Cn1c(=O)c(C#N)cn(CC)c1=O)[C@@H](C)CC. The molecule has 1 amide bonds. The van der Waals surface area contributed by atoms with Crippen molar-refractivity contribution in [1.82, 2.24) is 14.0 Å². The minimum Gasteiger partial charge on any atom is -0.336 e. The number of aryl methyl sites for hydroxylation is 1. The lowest BCUT2D eigenvalue weighted by Crippen LogP contribution is -2.49. The first-order chi connectivity index (χ1) is 11.3. The van der Waals surface area contributed by atoms with Crippen LogP contribution in [0.5, 0.6) is 0 Å². The van der Waals surface area contributed by atoms with Crippen LogP contribution in [0, 0.1) is 11.3 Å². The van der Waals surface area contributed by atoms with E-state index in [1.54, 1.807) is 17.9 Å². The van der Waals surface area contributed by atoms with Gasteiger partial charge in [0, 0.05) is 24.8 Å². The van der Waals surface area contributed by atoms with Crippen molar-refractivity contribution < 1.29 is 4.79 Å². The fraction of sp³-hybridized carbons (Fsp3) is 0.647. The minimum atomic E-state index is -0.714. The van der Waals surface area contributed by atoms with Crippen molar-refractivity contribution in [3.05, 3.63) is 32.6 Å². The highest BCUT2D eigenvalue weighted by molar-refractivity contribution is 5.76. The Morgan fingerprint density at radius 2 is 1.75 bits per heavy atom. The van der Waals surface area contributed by atoms with Crippen LogP contribution in [0.2, 0.25) is 0 Å². The Balaban J connectivity index is 3.34. The predicted molar refractivity (Wildman–Crippen MR) is 91.7 cm³/mol. The van der Waals surface area contributed by atoms with Crippen molar-refractivity contribution in [3.8, 4) is 6.07 Å². The van der Waals surface area contributed by atoms with Crippen LogP contribution < -0.4 is 11.2 Å². The highest BCUT2D eigenvalue weighted by atomic mass is 16.2. The number of carbonyl (C=O) groups is 1. The third-order valence-electron chi connectivity index (χ3n) is 4.41. The fourth-order valence-electron chi connectivity index (χ4n) is 2.63. The molecule has 0 aromatic carbocycles. The van der Waals surface area contributed by atoms with Gasteiger partial charge in [0.15, 0.2) is 0 Å². The highest BCUT2D eigenvalue weighted by Crippen LogP contribution is 2.12. The molecule has 0 aliphatic carbocycles. The molecular weight excluding hydrogens is 308 g/mol. The zero-order valence-corrected chi connectivity index (χ0v) is 15.1. The molecule has 0 saturated heterocycles. The van der Waals surface area contributed by atoms with Gasteiger partial charge in [0.25, 0.3) is 5.56 Å². The van der Waals surface area contributed by atoms with E-state index in [4.69, 9.17) is 5.26 Å². The van der Waals surface area contributed by atoms with Gasteiger partial charge >= 0.3 is 5.69 Å². The Morgan fingerprint density at radius 3 is 2.17 bits per heavy atom. The van der Waals surface area contributed by atoms with E-state index in [2.05, 4.69) is 0 Å². The molecule has 0 aliphatic rings. The van der Waals surface area contributed by atoms with E-state index in [-0.39, 0.29) is 30.1 Å². The van der Waals surface area contributed by atoms with E-state index in [0.717, 1.165) is 17.4 Å². The summed E-state index contributed by atoms with van der Waals surface area (Å²) in [4.78, 5) is 39.1. The monoisotopic (exact) mass is 334 g/mol. The zero-order valence-electron chi connectivity index (χ0n) is 15.1. The number of hydrogen-bond donors (Lipinski definition) is 0. The van der Waals surface area contributed by atoms with Gasteiger partial charge < -0.3 is 4.90 Å². The van der Waals surface area contributed by atoms with E-state index in [9.17, 15) is 14.4 Å². The van der Waals surface area contributed by atoms with Crippen LogP contribution in [0.1, 0.15) is 53.0 Å². The summed E-state index contributed by atoms with van der Waals surface area (Å²) in [6, 6.07) is 1.81. The summed E-state index contributed by atoms with van der Waals surface area (Å²) in [6.45, 7) is 9.58. The number of aromatic nitrogens is 2. The van der Waals surface area contributed by atoms with Gasteiger partial charge in [-0.3, -0.25) is 14.2 Å². The second-order valence-electron chi connectivity index (χ2n) is 5.93. The van der Waals surface area contributed by atoms with Gasteiger partial charge in [0.1, 0.15) is 18.2 Å². The van der Waals surface area contributed by atoms with Gasteiger partial charge in [0.05, 0.1) is 0 Å². The molecule has 132 valence electrons. The van der Waals surface area contributed by atoms with Gasteiger partial charge in [0.2, 0.25) is 5.91 Å². The lowest BCUT2D eigenvalue weighted by atomic mass is 10.1. The molecule has 0 aliphatic heterocycles. The summed E-state index contributed by atoms with van der Waals surface area (Å²) in [7, 11) is 0. The van der Waals surface area contributed by atoms with E-state index in [1.807, 2.05) is 27.7 Å². The molecule has 7 nitrogen and oxygen atoms in total. The van der Waals surface area contributed by atoms with Crippen LogP contribution >= 0.6 is 0 Å². The first kappa shape index (κ1) is 19.7. The van der Waals surface area contributed by atoms with Crippen molar-refractivity contribution in [2.75, 3.05) is 0 Å². The van der Waals surface area contributed by atoms with Crippen LogP contribution in [0.4, 0.5) is 0 Å². The topological polar surface area (TPSA) is 88.1 Å². The Bertz CT molecular complexity index is 732. The molecule has 0 saturated carbocycles. The highest BCUT2D eigenvalue weighted by Gasteiger charge is 2.25. The predicted octanol–water partition coefficient (Wildman–Crippen LogP) is 1.33. The molecule has 1 heterocycles. The van der Waals surface area contributed by atoms with Gasteiger partial charge in [-0.05, 0) is 33.6 Å². The standard InChI is InChI=1S/C17H26N4O3/c1-6-12(4)21(13(5)7-2)15(22)11-20-16(23)14(9-18)10-19(8-3)17(20)24/h10,12-13H,6-8,11H2,1-5H3/t12-,13+. The average molecular weight is 334 g/mol. The Labute approximate surface area is 142 Å². The number of nitriles is 1. The quantitative estimate of drug-likeness (QED) is 0.752. The molecule has 1 rings (SSSR count). The molecule has 7 heteroatoms. The first-order valence-electron chi connectivity index (χ1n) is 8.37. The van der Waals surface area contributed by atoms with Crippen molar-refractivity contribution in [2.24, 2.45) is 0 Å². The molecule has 1 aromatic rings. The summed E-state index contributed by atoms with van der Waals surface area (Å²) < 4.78 is 2.13. The number of amides is 1. The van der Waals surface area contributed by atoms with Gasteiger partial charge in [-0.25, -0.2) is 9.36 Å². The maximum Gasteiger partial charge on any atom is 0.331 e. The molecule has 0 bridgehead atoms. The van der Waals surface area contributed by atoms with Crippen LogP contribution in [-0.2, 0) is 17.9 Å². The van der Waals surface area contributed by atoms with E-state index >= 15 is 0 Å². The Kier molecular flexibility index (Phi) is 6.96. The Hall–Kier alpha value is -2.36. The Morgan fingerprint density at radius 1 is 1.21 bits per heavy atom. The molecule has 24 heavy (non-hydrogen) atoms. The number of hydrogen-bond acceptors (Lipinski definition) is 4. The third kappa shape index (κ3) is 3.94. The number of carbonyl (C=O) groups excluding carboxylic acids is 1. The van der Waals surface area contributed by atoms with Crippen molar-refractivity contribution >= 4 is 5.91 Å². The molecule has 0 unspecified atom stereocenters. The molecule has 0 fully saturated rings. The fourth-order valence-corrected chi connectivity index (χ4v) is 2.63. The van der Waals surface area contributed by atoms with Crippen LogP contribution in [0.3, 0.4) is 0 Å². The average Bonchev–Trinajstić information content (AvgIpc) is 2.58. The summed E-state index contributed by atoms with van der Waals surface area (Å²) in [6.07, 6.45) is 2.80.